The third-order valence-electron chi connectivity index (χ3n) is 2.23. The topological polar surface area (TPSA) is 52.3 Å². The first-order chi connectivity index (χ1) is 8.19. The summed E-state index contributed by atoms with van der Waals surface area (Å²) in [6.07, 6.45) is 3.20. The first kappa shape index (κ1) is 11.7. The first-order valence-corrected chi connectivity index (χ1v) is 6.14. The van der Waals surface area contributed by atoms with Gasteiger partial charge in [-0.05, 0) is 42.7 Å². The predicted molar refractivity (Wildman–Crippen MR) is 71.9 cm³/mol. The third kappa shape index (κ3) is 2.85. The van der Waals surface area contributed by atoms with Crippen LogP contribution in [-0.2, 0) is 9.53 Å². The Bertz CT molecular complexity index is 572. The van der Waals surface area contributed by atoms with Gasteiger partial charge in [0.05, 0.1) is 6.61 Å². The smallest absolute Gasteiger partial charge is 0.330 e. The first-order valence-electron chi connectivity index (χ1n) is 5.33. The summed E-state index contributed by atoms with van der Waals surface area (Å²) in [6, 6.07) is 7.79. The average molecular weight is 247 g/mol. The van der Waals surface area contributed by atoms with Crippen LogP contribution in [0.2, 0.25) is 0 Å². The lowest BCUT2D eigenvalue weighted by atomic mass is 10.2. The number of benzene rings is 1. The molecule has 0 spiro atoms. The summed E-state index contributed by atoms with van der Waals surface area (Å²) in [5.41, 5.74) is 6.45. The van der Waals surface area contributed by atoms with Crippen molar-refractivity contribution in [2.75, 3.05) is 12.3 Å². The number of ether oxygens (including phenoxy) is 1. The van der Waals surface area contributed by atoms with Gasteiger partial charge in [-0.15, -0.1) is 11.3 Å². The van der Waals surface area contributed by atoms with Crippen LogP contribution in [0.4, 0.5) is 5.69 Å². The molecule has 0 bridgehead atoms. The summed E-state index contributed by atoms with van der Waals surface area (Å²) >= 11 is 1.62. The molecule has 0 aliphatic rings. The molecule has 1 aromatic carbocycles. The van der Waals surface area contributed by atoms with Gasteiger partial charge >= 0.3 is 5.97 Å². The Balaban J connectivity index is 2.22. The van der Waals surface area contributed by atoms with Crippen LogP contribution in [-0.4, -0.2) is 12.6 Å². The van der Waals surface area contributed by atoms with Gasteiger partial charge in [0.25, 0.3) is 0 Å². The van der Waals surface area contributed by atoms with Gasteiger partial charge in [0.15, 0.2) is 0 Å². The lowest BCUT2D eigenvalue weighted by molar-refractivity contribution is -0.137. The van der Waals surface area contributed by atoms with E-state index in [1.165, 1.54) is 6.08 Å². The zero-order valence-electron chi connectivity index (χ0n) is 9.47. The van der Waals surface area contributed by atoms with Crippen LogP contribution in [0.15, 0.2) is 30.3 Å². The van der Waals surface area contributed by atoms with Crippen molar-refractivity contribution in [3.8, 4) is 0 Å². The maximum absolute atomic E-state index is 11.2. The van der Waals surface area contributed by atoms with Crippen LogP contribution in [0.1, 0.15) is 11.8 Å². The number of hydrogen-bond donors (Lipinski definition) is 1. The maximum atomic E-state index is 11.2. The molecule has 4 heteroatoms. The highest BCUT2D eigenvalue weighted by atomic mass is 32.1. The number of fused-ring (bicyclic) bond motifs is 1. The number of nitrogens with two attached hydrogens (primary N) is 1. The van der Waals surface area contributed by atoms with Crippen molar-refractivity contribution in [1.82, 2.24) is 0 Å². The molecule has 17 heavy (non-hydrogen) atoms. The number of nitrogen functional groups attached to an aromatic ring is 1. The molecule has 0 radical (unpaired) electrons. The second kappa shape index (κ2) is 5.01. The standard InChI is InChI=1S/C13H13NO2S/c1-2-16-13(15)6-4-11-8-9-7-10(14)3-5-12(9)17-11/h3-8H,2,14H2,1H3/b6-4+. The van der Waals surface area contributed by atoms with Gasteiger partial charge in [0.1, 0.15) is 0 Å². The van der Waals surface area contributed by atoms with Crippen LogP contribution in [0.5, 0.6) is 0 Å². The minimum atomic E-state index is -0.315. The molecule has 0 aliphatic heterocycles. The van der Waals surface area contributed by atoms with Crippen molar-refractivity contribution >= 4 is 39.2 Å². The van der Waals surface area contributed by atoms with Crippen LogP contribution in [0.3, 0.4) is 0 Å². The van der Waals surface area contributed by atoms with Crippen LogP contribution < -0.4 is 5.73 Å². The van der Waals surface area contributed by atoms with Crippen molar-refractivity contribution in [2.24, 2.45) is 0 Å². The Hall–Kier alpha value is -1.81. The monoisotopic (exact) mass is 247 g/mol. The minimum Gasteiger partial charge on any atom is -0.463 e. The van der Waals surface area contributed by atoms with E-state index in [4.69, 9.17) is 10.5 Å². The maximum Gasteiger partial charge on any atom is 0.330 e. The quantitative estimate of drug-likeness (QED) is 0.515. The number of thiophene rings is 1. The number of anilines is 1. The Morgan fingerprint density at radius 3 is 3.06 bits per heavy atom. The molecule has 2 N–H and O–H groups in total. The van der Waals surface area contributed by atoms with Gasteiger partial charge in [-0.1, -0.05) is 0 Å². The van der Waals surface area contributed by atoms with Gasteiger partial charge in [-0.2, -0.15) is 0 Å². The molecule has 0 fully saturated rings. The number of carbonyl (C=O) groups is 1. The minimum absolute atomic E-state index is 0.315. The van der Waals surface area contributed by atoms with Crippen molar-refractivity contribution in [1.29, 1.82) is 0 Å². The van der Waals surface area contributed by atoms with Crippen LogP contribution in [0, 0.1) is 0 Å². The molecular weight excluding hydrogens is 234 g/mol. The Morgan fingerprint density at radius 2 is 2.29 bits per heavy atom. The Kier molecular flexibility index (Phi) is 3.44. The highest BCUT2D eigenvalue weighted by molar-refractivity contribution is 7.19. The van der Waals surface area contributed by atoms with Gasteiger partial charge in [-0.25, -0.2) is 4.79 Å². The van der Waals surface area contributed by atoms with E-state index in [0.717, 1.165) is 20.7 Å². The van der Waals surface area contributed by atoms with E-state index >= 15 is 0 Å². The van der Waals surface area contributed by atoms with Gasteiger partial charge in [-0.3, -0.25) is 0 Å². The number of carbonyl (C=O) groups excluding carboxylic acids is 1. The molecule has 2 rings (SSSR count). The zero-order valence-corrected chi connectivity index (χ0v) is 10.3. The molecule has 88 valence electrons. The Morgan fingerprint density at radius 1 is 1.47 bits per heavy atom. The van der Waals surface area contributed by atoms with Crippen molar-refractivity contribution < 1.29 is 9.53 Å². The van der Waals surface area contributed by atoms with Crippen molar-refractivity contribution in [3.63, 3.8) is 0 Å². The lowest BCUT2D eigenvalue weighted by Crippen LogP contribution is -1.98. The largest absolute Gasteiger partial charge is 0.463 e. The SMILES string of the molecule is CCOC(=O)/C=C/c1cc2cc(N)ccc2s1. The number of rotatable bonds is 3. The van der Waals surface area contributed by atoms with E-state index in [-0.39, 0.29) is 5.97 Å². The van der Waals surface area contributed by atoms with Crippen molar-refractivity contribution in [3.05, 3.63) is 35.2 Å². The molecule has 1 heterocycles. The van der Waals surface area contributed by atoms with E-state index in [1.54, 1.807) is 24.3 Å². The van der Waals surface area contributed by atoms with E-state index < -0.39 is 0 Å². The predicted octanol–water partition coefficient (Wildman–Crippen LogP) is 3.06. The molecule has 1 aromatic heterocycles. The summed E-state index contributed by atoms with van der Waals surface area (Å²) in [5, 5.41) is 1.10. The van der Waals surface area contributed by atoms with Gasteiger partial charge < -0.3 is 10.5 Å². The van der Waals surface area contributed by atoms with E-state index in [2.05, 4.69) is 0 Å². The third-order valence-corrected chi connectivity index (χ3v) is 3.31. The van der Waals surface area contributed by atoms with Crippen LogP contribution >= 0.6 is 11.3 Å². The lowest BCUT2D eigenvalue weighted by Gasteiger charge is -1.93. The summed E-state index contributed by atoms with van der Waals surface area (Å²) in [7, 11) is 0. The summed E-state index contributed by atoms with van der Waals surface area (Å²) in [5.74, 6) is -0.315. The van der Waals surface area contributed by atoms with Crippen LogP contribution in [0.25, 0.3) is 16.2 Å². The van der Waals surface area contributed by atoms with E-state index in [1.807, 2.05) is 24.3 Å². The fraction of sp³-hybridized carbons (Fsp3) is 0.154. The summed E-state index contributed by atoms with van der Waals surface area (Å²) in [4.78, 5) is 12.2. The highest BCUT2D eigenvalue weighted by Gasteiger charge is 2.00. The van der Waals surface area contributed by atoms with E-state index in [9.17, 15) is 4.79 Å². The molecular formula is C13H13NO2S. The normalized spacial score (nSPS) is 11.1. The molecule has 0 amide bonds. The molecule has 0 aliphatic carbocycles. The van der Waals surface area contributed by atoms with Gasteiger partial charge in [0.2, 0.25) is 0 Å². The number of hydrogen-bond acceptors (Lipinski definition) is 4. The summed E-state index contributed by atoms with van der Waals surface area (Å²) < 4.78 is 5.97. The Labute approximate surface area is 104 Å². The highest BCUT2D eigenvalue weighted by Crippen LogP contribution is 2.28. The number of esters is 1. The molecule has 0 saturated heterocycles. The van der Waals surface area contributed by atoms with Gasteiger partial charge in [0, 0.05) is 21.3 Å². The second-order valence-electron chi connectivity index (χ2n) is 3.53. The molecule has 0 atom stereocenters. The average Bonchev–Trinajstić information content (AvgIpc) is 2.68. The molecule has 0 unspecified atom stereocenters. The fourth-order valence-corrected chi connectivity index (χ4v) is 2.45. The molecule has 2 aromatic rings. The zero-order chi connectivity index (χ0) is 12.3. The molecule has 3 nitrogen and oxygen atoms in total. The summed E-state index contributed by atoms with van der Waals surface area (Å²) in [6.45, 7) is 2.18. The van der Waals surface area contributed by atoms with Crippen molar-refractivity contribution in [2.45, 2.75) is 6.92 Å². The fourth-order valence-electron chi connectivity index (χ4n) is 1.51. The van der Waals surface area contributed by atoms with E-state index in [0.29, 0.717) is 6.61 Å². The molecule has 0 saturated carbocycles. The second-order valence-corrected chi connectivity index (χ2v) is 4.65.